The molecule has 4 rings (SSSR count). The van der Waals surface area contributed by atoms with Crippen molar-refractivity contribution in [2.75, 3.05) is 0 Å². The summed E-state index contributed by atoms with van der Waals surface area (Å²) in [7, 11) is 0. The average Bonchev–Trinajstić information content (AvgIpc) is 2.74. The number of benzene rings is 2. The molecule has 1 aliphatic rings. The third-order valence-corrected chi connectivity index (χ3v) is 5.99. The lowest BCUT2D eigenvalue weighted by molar-refractivity contribution is 0.0873. The zero-order valence-corrected chi connectivity index (χ0v) is 20.1. The van der Waals surface area contributed by atoms with E-state index in [1.54, 1.807) is 30.6 Å². The number of halogens is 1. The van der Waals surface area contributed by atoms with Crippen molar-refractivity contribution in [2.45, 2.75) is 57.7 Å². The SMILES string of the molecule is CC1(C)CC(NC(=O)c2ccc(Oc3ccccc3-c3cncnc3)c(Cl)c2)CC(C)(C)N1. The van der Waals surface area contributed by atoms with Crippen LogP contribution >= 0.6 is 11.6 Å². The third kappa shape index (κ3) is 5.70. The van der Waals surface area contributed by atoms with Crippen molar-refractivity contribution in [3.8, 4) is 22.6 Å². The fourth-order valence-electron chi connectivity index (χ4n) is 4.77. The van der Waals surface area contributed by atoms with Gasteiger partial charge in [-0.25, -0.2) is 9.97 Å². The van der Waals surface area contributed by atoms with Crippen LogP contribution in [0.2, 0.25) is 5.02 Å². The highest BCUT2D eigenvalue weighted by Gasteiger charge is 2.38. The van der Waals surface area contributed by atoms with Crippen LogP contribution in [0.1, 0.15) is 50.9 Å². The highest BCUT2D eigenvalue weighted by Crippen LogP contribution is 2.36. The molecule has 1 aliphatic heterocycles. The minimum Gasteiger partial charge on any atom is -0.455 e. The molecule has 2 N–H and O–H groups in total. The number of carbonyl (C=O) groups is 1. The van der Waals surface area contributed by atoms with E-state index in [1.165, 1.54) is 6.33 Å². The summed E-state index contributed by atoms with van der Waals surface area (Å²) in [5, 5.41) is 7.18. The molecule has 0 bridgehead atoms. The van der Waals surface area contributed by atoms with E-state index in [0.717, 1.165) is 24.0 Å². The van der Waals surface area contributed by atoms with Crippen LogP contribution in [0.4, 0.5) is 0 Å². The number of nitrogens with zero attached hydrogens (tertiary/aromatic N) is 2. The quantitative estimate of drug-likeness (QED) is 0.511. The highest BCUT2D eigenvalue weighted by molar-refractivity contribution is 6.32. The molecule has 33 heavy (non-hydrogen) atoms. The summed E-state index contributed by atoms with van der Waals surface area (Å²) in [6.45, 7) is 8.65. The van der Waals surface area contributed by atoms with Crippen LogP contribution in [-0.2, 0) is 0 Å². The summed E-state index contributed by atoms with van der Waals surface area (Å²) in [5.74, 6) is 0.969. The number of aromatic nitrogens is 2. The van der Waals surface area contributed by atoms with Gasteiger partial charge in [0.05, 0.1) is 5.02 Å². The Labute approximate surface area is 199 Å². The van der Waals surface area contributed by atoms with Crippen molar-refractivity contribution < 1.29 is 9.53 Å². The highest BCUT2D eigenvalue weighted by atomic mass is 35.5. The molecule has 0 unspecified atom stereocenters. The molecule has 0 spiro atoms. The van der Waals surface area contributed by atoms with Gasteiger partial charge in [-0.1, -0.05) is 29.8 Å². The maximum atomic E-state index is 13.0. The van der Waals surface area contributed by atoms with Gasteiger partial charge in [0.1, 0.15) is 17.8 Å². The van der Waals surface area contributed by atoms with Crippen molar-refractivity contribution in [1.82, 2.24) is 20.6 Å². The molecule has 3 aromatic rings. The first-order valence-electron chi connectivity index (χ1n) is 11.0. The fourth-order valence-corrected chi connectivity index (χ4v) is 4.99. The Morgan fingerprint density at radius 3 is 2.36 bits per heavy atom. The minimum absolute atomic E-state index is 0.0494. The lowest BCUT2D eigenvalue weighted by atomic mass is 9.79. The molecule has 6 nitrogen and oxygen atoms in total. The van der Waals surface area contributed by atoms with Crippen LogP contribution in [0, 0.1) is 0 Å². The molecule has 0 aliphatic carbocycles. The van der Waals surface area contributed by atoms with E-state index in [9.17, 15) is 4.79 Å². The number of amides is 1. The van der Waals surface area contributed by atoms with Crippen molar-refractivity contribution >= 4 is 17.5 Å². The average molecular weight is 465 g/mol. The topological polar surface area (TPSA) is 76.1 Å². The van der Waals surface area contributed by atoms with Crippen molar-refractivity contribution in [1.29, 1.82) is 0 Å². The smallest absolute Gasteiger partial charge is 0.251 e. The summed E-state index contributed by atoms with van der Waals surface area (Å²) in [6.07, 6.45) is 6.66. The molecule has 1 saturated heterocycles. The Morgan fingerprint density at radius 2 is 1.70 bits per heavy atom. The van der Waals surface area contributed by atoms with E-state index in [2.05, 4.69) is 48.3 Å². The van der Waals surface area contributed by atoms with E-state index in [1.807, 2.05) is 24.3 Å². The number of para-hydroxylation sites is 1. The van der Waals surface area contributed by atoms with E-state index < -0.39 is 0 Å². The van der Waals surface area contributed by atoms with Gasteiger partial charge >= 0.3 is 0 Å². The van der Waals surface area contributed by atoms with Gasteiger partial charge in [0.25, 0.3) is 5.91 Å². The zero-order valence-electron chi connectivity index (χ0n) is 19.4. The monoisotopic (exact) mass is 464 g/mol. The molecular weight excluding hydrogens is 436 g/mol. The fraction of sp³-hybridized carbons (Fsp3) is 0.346. The Hall–Kier alpha value is -2.96. The number of ether oxygens (including phenoxy) is 1. The Bertz CT molecular complexity index is 1130. The molecule has 0 saturated carbocycles. The number of carbonyl (C=O) groups excluding carboxylic acids is 1. The van der Waals surface area contributed by atoms with Crippen LogP contribution in [0.25, 0.3) is 11.1 Å². The van der Waals surface area contributed by atoms with Gasteiger partial charge in [0.2, 0.25) is 0 Å². The van der Waals surface area contributed by atoms with Gasteiger partial charge in [-0.2, -0.15) is 0 Å². The number of nitrogens with one attached hydrogen (secondary N) is 2. The second-order valence-corrected chi connectivity index (χ2v) is 10.2. The van der Waals surface area contributed by atoms with Crippen LogP contribution in [-0.4, -0.2) is 33.0 Å². The predicted molar refractivity (Wildman–Crippen MR) is 131 cm³/mol. The molecule has 7 heteroatoms. The zero-order chi connectivity index (χ0) is 23.6. The normalized spacial score (nSPS) is 17.4. The molecule has 2 heterocycles. The predicted octanol–water partition coefficient (Wildman–Crippen LogP) is 5.63. The third-order valence-electron chi connectivity index (χ3n) is 5.70. The number of piperidine rings is 1. The minimum atomic E-state index is -0.135. The van der Waals surface area contributed by atoms with Crippen LogP contribution in [0.3, 0.4) is 0 Å². The maximum Gasteiger partial charge on any atom is 0.251 e. The van der Waals surface area contributed by atoms with Crippen LogP contribution in [0.5, 0.6) is 11.5 Å². The molecular formula is C26H29ClN4O2. The van der Waals surface area contributed by atoms with Gasteiger partial charge in [-0.05, 0) is 64.8 Å². The summed E-state index contributed by atoms with van der Waals surface area (Å²) in [4.78, 5) is 21.1. The molecule has 1 fully saturated rings. The van der Waals surface area contributed by atoms with Gasteiger partial charge in [-0.3, -0.25) is 4.79 Å². The van der Waals surface area contributed by atoms with E-state index in [4.69, 9.17) is 16.3 Å². The Kier molecular flexibility index (Phi) is 6.41. The molecule has 0 radical (unpaired) electrons. The second kappa shape index (κ2) is 9.12. The molecule has 0 atom stereocenters. The van der Waals surface area contributed by atoms with Gasteiger partial charge in [-0.15, -0.1) is 0 Å². The first kappa shape index (κ1) is 23.2. The lowest BCUT2D eigenvalue weighted by Gasteiger charge is -2.46. The maximum absolute atomic E-state index is 13.0. The van der Waals surface area contributed by atoms with Crippen molar-refractivity contribution in [3.05, 3.63) is 71.8 Å². The summed E-state index contributed by atoms with van der Waals surface area (Å²) < 4.78 is 6.11. The van der Waals surface area contributed by atoms with E-state index in [0.29, 0.717) is 22.1 Å². The van der Waals surface area contributed by atoms with Gasteiger partial charge in [0.15, 0.2) is 0 Å². The van der Waals surface area contributed by atoms with Crippen molar-refractivity contribution in [2.24, 2.45) is 0 Å². The summed E-state index contributed by atoms with van der Waals surface area (Å²) >= 11 is 6.52. The molecule has 1 aromatic heterocycles. The van der Waals surface area contributed by atoms with Crippen molar-refractivity contribution in [3.63, 3.8) is 0 Å². The number of rotatable bonds is 5. The molecule has 1 amide bonds. The molecule has 172 valence electrons. The standard InChI is InChI=1S/C26H29ClN4O2/c1-25(2)12-19(13-26(3,4)31-25)30-24(32)17-9-10-23(21(27)11-17)33-22-8-6-5-7-20(22)18-14-28-16-29-15-18/h5-11,14-16,19,31H,12-13H2,1-4H3,(H,30,32). The van der Waals surface area contributed by atoms with Gasteiger partial charge < -0.3 is 15.4 Å². The summed E-state index contributed by atoms with van der Waals surface area (Å²) in [6, 6.07) is 12.8. The largest absolute Gasteiger partial charge is 0.455 e. The van der Waals surface area contributed by atoms with E-state index in [-0.39, 0.29) is 23.0 Å². The lowest BCUT2D eigenvalue weighted by Crippen LogP contribution is -2.62. The first-order chi connectivity index (χ1) is 15.6. The number of hydrogen-bond donors (Lipinski definition) is 2. The second-order valence-electron chi connectivity index (χ2n) is 9.84. The Morgan fingerprint density at radius 1 is 1.03 bits per heavy atom. The Balaban J connectivity index is 1.50. The van der Waals surface area contributed by atoms with Crippen LogP contribution in [0.15, 0.2) is 61.2 Å². The number of hydrogen-bond acceptors (Lipinski definition) is 5. The van der Waals surface area contributed by atoms with E-state index >= 15 is 0 Å². The van der Waals surface area contributed by atoms with Gasteiger partial charge in [0, 0.05) is 46.2 Å². The van der Waals surface area contributed by atoms with Crippen LogP contribution < -0.4 is 15.4 Å². The first-order valence-corrected chi connectivity index (χ1v) is 11.4. The molecule has 2 aromatic carbocycles. The summed E-state index contributed by atoms with van der Waals surface area (Å²) in [5.41, 5.74) is 2.10.